The van der Waals surface area contributed by atoms with E-state index in [1.54, 1.807) is 0 Å². The Labute approximate surface area is 123 Å². The summed E-state index contributed by atoms with van der Waals surface area (Å²) in [6.07, 6.45) is 0.559. The molecule has 0 radical (unpaired) electrons. The fraction of sp³-hybridized carbons (Fsp3) is 0.533. The summed E-state index contributed by atoms with van der Waals surface area (Å²) in [5.74, 6) is 0. The first-order valence-electron chi connectivity index (χ1n) is 6.61. The molecule has 1 saturated heterocycles. The van der Waals surface area contributed by atoms with Crippen molar-refractivity contribution in [2.75, 3.05) is 24.5 Å². The fourth-order valence-corrected chi connectivity index (χ4v) is 2.75. The third-order valence-electron chi connectivity index (χ3n) is 3.46. The zero-order chi connectivity index (χ0) is 13.9. The van der Waals surface area contributed by atoms with Crippen molar-refractivity contribution >= 4 is 21.6 Å². The van der Waals surface area contributed by atoms with Gasteiger partial charge in [-0.25, -0.2) is 0 Å². The Balaban J connectivity index is 2.20. The molecule has 0 saturated carbocycles. The third kappa shape index (κ3) is 3.95. The summed E-state index contributed by atoms with van der Waals surface area (Å²) in [7, 11) is 0. The Morgan fingerprint density at radius 3 is 2.74 bits per heavy atom. The van der Waals surface area contributed by atoms with Crippen LogP contribution in [0.5, 0.6) is 0 Å². The number of hydrogen-bond donors (Lipinski definition) is 1. The Bertz CT molecular complexity index is 461. The van der Waals surface area contributed by atoms with Crippen molar-refractivity contribution in [3.8, 4) is 6.07 Å². The molecule has 1 aliphatic heterocycles. The number of nitriles is 1. The monoisotopic (exact) mass is 321 g/mol. The second-order valence-electron chi connectivity index (χ2n) is 5.96. The minimum atomic E-state index is 0.206. The molecule has 102 valence electrons. The van der Waals surface area contributed by atoms with Gasteiger partial charge < -0.3 is 10.2 Å². The molecule has 0 aliphatic carbocycles. The Hall–Kier alpha value is -1.05. The van der Waals surface area contributed by atoms with Gasteiger partial charge in [0.15, 0.2) is 0 Å². The van der Waals surface area contributed by atoms with E-state index >= 15 is 0 Å². The van der Waals surface area contributed by atoms with Gasteiger partial charge in [-0.3, -0.25) is 0 Å². The SMILES string of the molecule is CC1(C)CNC(CC#N)CN(c2ccc(Br)cc2)C1. The van der Waals surface area contributed by atoms with Crippen molar-refractivity contribution in [2.24, 2.45) is 5.41 Å². The van der Waals surface area contributed by atoms with Crippen LogP contribution in [0.25, 0.3) is 0 Å². The number of anilines is 1. The number of nitrogens with one attached hydrogen (secondary N) is 1. The molecular formula is C15H20BrN3. The molecule has 0 bridgehead atoms. The molecule has 1 unspecified atom stereocenters. The zero-order valence-electron chi connectivity index (χ0n) is 11.5. The van der Waals surface area contributed by atoms with Gasteiger partial charge in [-0.2, -0.15) is 5.26 Å². The lowest BCUT2D eigenvalue weighted by atomic mass is 9.93. The highest BCUT2D eigenvalue weighted by atomic mass is 79.9. The molecule has 1 heterocycles. The number of nitrogens with zero attached hydrogens (tertiary/aromatic N) is 2. The predicted octanol–water partition coefficient (Wildman–Crippen LogP) is 3.17. The Kier molecular flexibility index (Phi) is 4.49. The van der Waals surface area contributed by atoms with Gasteiger partial charge in [-0.1, -0.05) is 29.8 Å². The molecule has 19 heavy (non-hydrogen) atoms. The quantitative estimate of drug-likeness (QED) is 0.909. The molecule has 3 nitrogen and oxygen atoms in total. The van der Waals surface area contributed by atoms with E-state index in [2.05, 4.69) is 70.3 Å². The lowest BCUT2D eigenvalue weighted by Gasteiger charge is -2.31. The highest BCUT2D eigenvalue weighted by Crippen LogP contribution is 2.26. The van der Waals surface area contributed by atoms with E-state index in [-0.39, 0.29) is 11.5 Å². The van der Waals surface area contributed by atoms with E-state index in [0.717, 1.165) is 24.1 Å². The predicted molar refractivity (Wildman–Crippen MR) is 82.2 cm³/mol. The average Bonchev–Trinajstić information content (AvgIpc) is 2.50. The first-order valence-corrected chi connectivity index (χ1v) is 7.40. The topological polar surface area (TPSA) is 39.1 Å². The molecule has 1 aliphatic rings. The normalized spacial score (nSPS) is 22.6. The summed E-state index contributed by atoms with van der Waals surface area (Å²) in [6, 6.07) is 10.9. The van der Waals surface area contributed by atoms with E-state index < -0.39 is 0 Å². The van der Waals surface area contributed by atoms with Gasteiger partial charge in [0.2, 0.25) is 0 Å². The van der Waals surface area contributed by atoms with E-state index in [4.69, 9.17) is 5.26 Å². The zero-order valence-corrected chi connectivity index (χ0v) is 13.1. The van der Waals surface area contributed by atoms with Crippen LogP contribution < -0.4 is 10.2 Å². The van der Waals surface area contributed by atoms with Crippen molar-refractivity contribution in [3.05, 3.63) is 28.7 Å². The number of benzene rings is 1. The van der Waals surface area contributed by atoms with E-state index in [1.807, 2.05) is 0 Å². The smallest absolute Gasteiger partial charge is 0.0638 e. The summed E-state index contributed by atoms with van der Waals surface area (Å²) >= 11 is 3.47. The van der Waals surface area contributed by atoms with Gasteiger partial charge >= 0.3 is 0 Å². The molecule has 1 N–H and O–H groups in total. The molecule has 1 fully saturated rings. The van der Waals surface area contributed by atoms with Crippen LogP contribution in [0.4, 0.5) is 5.69 Å². The van der Waals surface area contributed by atoms with Gasteiger partial charge in [0.05, 0.1) is 12.5 Å². The highest BCUT2D eigenvalue weighted by Gasteiger charge is 2.28. The minimum Gasteiger partial charge on any atom is -0.369 e. The Morgan fingerprint density at radius 1 is 1.42 bits per heavy atom. The lowest BCUT2D eigenvalue weighted by molar-refractivity contribution is 0.360. The van der Waals surface area contributed by atoms with Crippen molar-refractivity contribution in [1.82, 2.24) is 5.32 Å². The van der Waals surface area contributed by atoms with Crippen LogP contribution >= 0.6 is 15.9 Å². The molecule has 2 rings (SSSR count). The van der Waals surface area contributed by atoms with E-state index in [0.29, 0.717) is 6.42 Å². The molecule has 1 atom stereocenters. The summed E-state index contributed by atoms with van der Waals surface area (Å²) in [5, 5.41) is 12.4. The van der Waals surface area contributed by atoms with E-state index in [1.165, 1.54) is 5.69 Å². The summed E-state index contributed by atoms with van der Waals surface area (Å²) in [5.41, 5.74) is 1.43. The molecular weight excluding hydrogens is 302 g/mol. The summed E-state index contributed by atoms with van der Waals surface area (Å²) < 4.78 is 1.09. The largest absolute Gasteiger partial charge is 0.369 e. The van der Waals surface area contributed by atoms with Gasteiger partial charge in [-0.05, 0) is 29.7 Å². The summed E-state index contributed by atoms with van der Waals surface area (Å²) in [6.45, 7) is 7.37. The Morgan fingerprint density at radius 2 is 2.11 bits per heavy atom. The third-order valence-corrected chi connectivity index (χ3v) is 3.99. The molecule has 0 aromatic heterocycles. The van der Waals surface area contributed by atoms with Crippen LogP contribution in [0.1, 0.15) is 20.3 Å². The minimum absolute atomic E-state index is 0.206. The second-order valence-corrected chi connectivity index (χ2v) is 6.88. The molecule has 1 aromatic rings. The molecule has 1 aromatic carbocycles. The van der Waals surface area contributed by atoms with Crippen LogP contribution in [-0.4, -0.2) is 25.7 Å². The van der Waals surface area contributed by atoms with Crippen molar-refractivity contribution in [1.29, 1.82) is 5.26 Å². The molecule has 4 heteroatoms. The van der Waals surface area contributed by atoms with Crippen LogP contribution in [0.15, 0.2) is 28.7 Å². The second kappa shape index (κ2) is 5.94. The van der Waals surface area contributed by atoms with Crippen molar-refractivity contribution < 1.29 is 0 Å². The van der Waals surface area contributed by atoms with Crippen molar-refractivity contribution in [2.45, 2.75) is 26.3 Å². The van der Waals surface area contributed by atoms with Gasteiger partial charge in [-0.15, -0.1) is 0 Å². The number of halogens is 1. The van der Waals surface area contributed by atoms with Crippen molar-refractivity contribution in [3.63, 3.8) is 0 Å². The van der Waals surface area contributed by atoms with Crippen LogP contribution in [0.2, 0.25) is 0 Å². The highest BCUT2D eigenvalue weighted by molar-refractivity contribution is 9.10. The first-order chi connectivity index (χ1) is 9.00. The maximum absolute atomic E-state index is 8.92. The average molecular weight is 322 g/mol. The maximum Gasteiger partial charge on any atom is 0.0638 e. The van der Waals surface area contributed by atoms with E-state index in [9.17, 15) is 0 Å². The lowest BCUT2D eigenvalue weighted by Crippen LogP contribution is -2.37. The van der Waals surface area contributed by atoms with Crippen LogP contribution in [0.3, 0.4) is 0 Å². The standard InChI is InChI=1S/C15H20BrN3/c1-15(2)10-18-13(7-8-17)9-19(11-15)14-5-3-12(16)4-6-14/h3-6,13,18H,7,9-11H2,1-2H3. The molecule has 0 spiro atoms. The van der Waals surface area contributed by atoms with Gasteiger partial charge in [0, 0.05) is 35.8 Å². The summed E-state index contributed by atoms with van der Waals surface area (Å²) in [4.78, 5) is 2.38. The van der Waals surface area contributed by atoms with Gasteiger partial charge in [0.1, 0.15) is 0 Å². The van der Waals surface area contributed by atoms with Gasteiger partial charge in [0.25, 0.3) is 0 Å². The first kappa shape index (κ1) is 14.4. The van der Waals surface area contributed by atoms with Crippen LogP contribution in [0, 0.1) is 16.7 Å². The molecule has 0 amide bonds. The maximum atomic E-state index is 8.92. The van der Waals surface area contributed by atoms with Crippen LogP contribution in [-0.2, 0) is 0 Å². The number of hydrogen-bond acceptors (Lipinski definition) is 3. The number of rotatable bonds is 2. The fourth-order valence-electron chi connectivity index (χ4n) is 2.48.